The monoisotopic (exact) mass is 232 g/mol. The fourth-order valence-electron chi connectivity index (χ4n) is 1.60. The Bertz CT molecular complexity index is 462. The Morgan fingerprint density at radius 2 is 1.94 bits per heavy atom. The zero-order valence-electron chi connectivity index (χ0n) is 9.36. The molecule has 0 spiro atoms. The van der Waals surface area contributed by atoms with Crippen molar-refractivity contribution in [2.75, 3.05) is 5.73 Å². The van der Waals surface area contributed by atoms with E-state index in [9.17, 15) is 0 Å². The molecular weight excluding hydrogens is 216 g/mol. The molecule has 0 aliphatic heterocycles. The van der Waals surface area contributed by atoms with Crippen molar-refractivity contribution in [3.63, 3.8) is 0 Å². The smallest absolute Gasteiger partial charge is 0.0359 e. The Hall–Kier alpha value is -1.32. The second kappa shape index (κ2) is 5.14. The molecule has 2 aromatic rings. The summed E-state index contributed by atoms with van der Waals surface area (Å²) in [6.07, 6.45) is 0. The van der Waals surface area contributed by atoms with Gasteiger partial charge in [0.2, 0.25) is 0 Å². The average Bonchev–Trinajstić information content (AvgIpc) is 2.67. The molecule has 0 amide bonds. The molecule has 0 aliphatic carbocycles. The Morgan fingerprint density at radius 3 is 2.62 bits per heavy atom. The number of benzene rings is 1. The molecule has 2 nitrogen and oxygen atoms in total. The van der Waals surface area contributed by atoms with E-state index in [1.54, 1.807) is 0 Å². The van der Waals surface area contributed by atoms with Crippen molar-refractivity contribution in [3.05, 3.63) is 51.7 Å². The molecule has 0 radical (unpaired) electrons. The lowest BCUT2D eigenvalue weighted by Crippen LogP contribution is -2.12. The minimum Gasteiger partial charge on any atom is -0.398 e. The van der Waals surface area contributed by atoms with Crippen LogP contribution in [0.4, 0.5) is 5.69 Å². The van der Waals surface area contributed by atoms with Crippen molar-refractivity contribution >= 4 is 17.0 Å². The van der Waals surface area contributed by atoms with Gasteiger partial charge in [0, 0.05) is 28.5 Å². The van der Waals surface area contributed by atoms with Gasteiger partial charge in [0.1, 0.15) is 0 Å². The number of rotatable bonds is 4. The molecule has 0 bridgehead atoms. The number of nitrogens with two attached hydrogens (primary N) is 1. The van der Waals surface area contributed by atoms with Crippen LogP contribution in [0.1, 0.15) is 15.3 Å². The van der Waals surface area contributed by atoms with Crippen molar-refractivity contribution in [2.45, 2.75) is 20.0 Å². The normalized spacial score (nSPS) is 10.6. The molecule has 0 fully saturated rings. The van der Waals surface area contributed by atoms with Crippen LogP contribution in [0.25, 0.3) is 0 Å². The summed E-state index contributed by atoms with van der Waals surface area (Å²) < 4.78 is 0. The summed E-state index contributed by atoms with van der Waals surface area (Å²) in [4.78, 5) is 2.73. The zero-order valence-corrected chi connectivity index (χ0v) is 10.2. The van der Waals surface area contributed by atoms with Gasteiger partial charge in [-0.15, -0.1) is 11.3 Å². The summed E-state index contributed by atoms with van der Waals surface area (Å²) in [5, 5.41) is 3.40. The lowest BCUT2D eigenvalue weighted by Gasteiger charge is -2.06. The minimum absolute atomic E-state index is 0.823. The van der Waals surface area contributed by atoms with E-state index in [-0.39, 0.29) is 0 Å². The van der Waals surface area contributed by atoms with Crippen molar-refractivity contribution in [3.8, 4) is 0 Å². The molecule has 0 unspecified atom stereocenters. The Balaban J connectivity index is 1.87. The van der Waals surface area contributed by atoms with E-state index in [0.717, 1.165) is 24.3 Å². The molecule has 0 aliphatic rings. The second-order valence-corrected chi connectivity index (χ2v) is 5.19. The van der Waals surface area contributed by atoms with E-state index in [0.29, 0.717) is 0 Å². The van der Waals surface area contributed by atoms with Crippen molar-refractivity contribution < 1.29 is 0 Å². The zero-order chi connectivity index (χ0) is 11.4. The third-order valence-corrected chi connectivity index (χ3v) is 3.47. The van der Waals surface area contributed by atoms with Gasteiger partial charge in [-0.25, -0.2) is 0 Å². The predicted octanol–water partition coefficient (Wildman–Crippen LogP) is 2.93. The predicted molar refractivity (Wildman–Crippen MR) is 70.5 cm³/mol. The van der Waals surface area contributed by atoms with Crippen LogP contribution in [0, 0.1) is 6.92 Å². The Morgan fingerprint density at radius 1 is 1.12 bits per heavy atom. The van der Waals surface area contributed by atoms with Gasteiger partial charge in [0.25, 0.3) is 0 Å². The number of anilines is 1. The molecule has 1 aromatic carbocycles. The Kier molecular flexibility index (Phi) is 3.59. The number of nitrogen functional groups attached to an aromatic ring is 1. The van der Waals surface area contributed by atoms with Crippen molar-refractivity contribution in [2.24, 2.45) is 0 Å². The van der Waals surface area contributed by atoms with Crippen LogP contribution in [0.15, 0.2) is 36.4 Å². The van der Waals surface area contributed by atoms with Crippen LogP contribution < -0.4 is 11.1 Å². The molecule has 84 valence electrons. The quantitative estimate of drug-likeness (QED) is 0.795. The number of nitrogens with one attached hydrogen (secondary N) is 1. The highest BCUT2D eigenvalue weighted by atomic mass is 32.1. The van der Waals surface area contributed by atoms with Gasteiger partial charge in [-0.2, -0.15) is 0 Å². The average molecular weight is 232 g/mol. The van der Waals surface area contributed by atoms with E-state index in [1.165, 1.54) is 9.75 Å². The first-order chi connectivity index (χ1) is 7.75. The van der Waals surface area contributed by atoms with Crippen molar-refractivity contribution in [1.29, 1.82) is 0 Å². The molecule has 3 N–H and O–H groups in total. The van der Waals surface area contributed by atoms with Gasteiger partial charge >= 0.3 is 0 Å². The highest BCUT2D eigenvalue weighted by Gasteiger charge is 1.99. The maximum absolute atomic E-state index is 5.87. The Labute approximate surface area is 100 Å². The summed E-state index contributed by atoms with van der Waals surface area (Å²) in [6.45, 7) is 3.86. The van der Waals surface area contributed by atoms with Gasteiger partial charge in [-0.3, -0.25) is 0 Å². The first kappa shape index (κ1) is 11.2. The van der Waals surface area contributed by atoms with E-state index in [1.807, 2.05) is 29.5 Å². The van der Waals surface area contributed by atoms with Gasteiger partial charge in [-0.1, -0.05) is 18.2 Å². The molecule has 2 rings (SSSR count). The van der Waals surface area contributed by atoms with Crippen LogP contribution in [-0.2, 0) is 13.1 Å². The minimum atomic E-state index is 0.823. The SMILES string of the molecule is Cc1ccc(CNCc2ccccc2N)s1. The van der Waals surface area contributed by atoms with Crippen LogP contribution in [0.5, 0.6) is 0 Å². The van der Waals surface area contributed by atoms with Gasteiger partial charge in [0.05, 0.1) is 0 Å². The van der Waals surface area contributed by atoms with Gasteiger partial charge in [0.15, 0.2) is 0 Å². The molecule has 0 saturated carbocycles. The number of para-hydroxylation sites is 1. The molecule has 1 heterocycles. The number of hydrogen-bond donors (Lipinski definition) is 2. The highest BCUT2D eigenvalue weighted by Crippen LogP contribution is 2.15. The molecular formula is C13H16N2S. The van der Waals surface area contributed by atoms with Gasteiger partial charge < -0.3 is 11.1 Å². The fraction of sp³-hybridized carbons (Fsp3) is 0.231. The first-order valence-electron chi connectivity index (χ1n) is 5.35. The molecule has 1 aromatic heterocycles. The third-order valence-electron chi connectivity index (χ3n) is 2.47. The topological polar surface area (TPSA) is 38.0 Å². The summed E-state index contributed by atoms with van der Waals surface area (Å²) >= 11 is 1.83. The van der Waals surface area contributed by atoms with Crippen LogP contribution in [0.2, 0.25) is 0 Å². The van der Waals surface area contributed by atoms with Crippen LogP contribution in [0.3, 0.4) is 0 Å². The lowest BCUT2D eigenvalue weighted by molar-refractivity contribution is 0.702. The summed E-state index contributed by atoms with van der Waals surface area (Å²) in [7, 11) is 0. The largest absolute Gasteiger partial charge is 0.398 e. The summed E-state index contributed by atoms with van der Waals surface area (Å²) in [5.74, 6) is 0. The molecule has 3 heteroatoms. The van der Waals surface area contributed by atoms with Crippen LogP contribution >= 0.6 is 11.3 Å². The maximum Gasteiger partial charge on any atom is 0.0359 e. The highest BCUT2D eigenvalue weighted by molar-refractivity contribution is 7.11. The molecule has 0 atom stereocenters. The third kappa shape index (κ3) is 2.84. The first-order valence-corrected chi connectivity index (χ1v) is 6.17. The fourth-order valence-corrected chi connectivity index (χ4v) is 2.46. The standard InChI is InChI=1S/C13H16N2S/c1-10-6-7-12(16-10)9-15-8-11-4-2-3-5-13(11)14/h2-7,15H,8-9,14H2,1H3. The number of thiophene rings is 1. The van der Waals surface area contributed by atoms with Gasteiger partial charge in [-0.05, 0) is 30.7 Å². The van der Waals surface area contributed by atoms with E-state index in [4.69, 9.17) is 5.73 Å². The van der Waals surface area contributed by atoms with E-state index < -0.39 is 0 Å². The maximum atomic E-state index is 5.87. The van der Waals surface area contributed by atoms with E-state index in [2.05, 4.69) is 30.4 Å². The lowest BCUT2D eigenvalue weighted by atomic mass is 10.2. The number of hydrogen-bond acceptors (Lipinski definition) is 3. The van der Waals surface area contributed by atoms with Crippen LogP contribution in [-0.4, -0.2) is 0 Å². The second-order valence-electron chi connectivity index (χ2n) is 3.81. The number of aryl methyl sites for hydroxylation is 1. The van der Waals surface area contributed by atoms with Crippen molar-refractivity contribution in [1.82, 2.24) is 5.32 Å². The van der Waals surface area contributed by atoms with E-state index >= 15 is 0 Å². The molecule has 0 saturated heterocycles. The summed E-state index contributed by atoms with van der Waals surface area (Å²) in [5.41, 5.74) is 7.89. The summed E-state index contributed by atoms with van der Waals surface area (Å²) in [6, 6.07) is 12.3. The molecule has 16 heavy (non-hydrogen) atoms.